The lowest BCUT2D eigenvalue weighted by Crippen LogP contribution is -2.25. The van der Waals surface area contributed by atoms with Gasteiger partial charge in [-0.3, -0.25) is 4.79 Å². The number of rotatable bonds is 1. The van der Waals surface area contributed by atoms with Crippen molar-refractivity contribution in [2.45, 2.75) is 0 Å². The SMILES string of the molecule is NC(=S)Nc1nc2cc(Cl)cc(Cl)c2[nH]c1=O. The molecule has 0 unspecified atom stereocenters. The zero-order valence-corrected chi connectivity index (χ0v) is 10.6. The van der Waals surface area contributed by atoms with Crippen LogP contribution in [0.25, 0.3) is 11.0 Å². The first-order valence-corrected chi connectivity index (χ1v) is 5.59. The van der Waals surface area contributed by atoms with Crippen LogP contribution in [0.4, 0.5) is 5.82 Å². The smallest absolute Gasteiger partial charge is 0.291 e. The van der Waals surface area contributed by atoms with Gasteiger partial charge in [0.1, 0.15) is 0 Å². The maximum Gasteiger partial charge on any atom is 0.291 e. The van der Waals surface area contributed by atoms with E-state index < -0.39 is 5.56 Å². The largest absolute Gasteiger partial charge is 0.376 e. The molecule has 1 heterocycles. The first kappa shape index (κ1) is 12.1. The fourth-order valence-corrected chi connectivity index (χ4v) is 1.94. The molecule has 0 spiro atoms. The van der Waals surface area contributed by atoms with E-state index in [9.17, 15) is 4.79 Å². The van der Waals surface area contributed by atoms with Gasteiger partial charge < -0.3 is 16.0 Å². The number of nitrogens with two attached hydrogens (primary N) is 1. The first-order chi connectivity index (χ1) is 7.97. The zero-order chi connectivity index (χ0) is 12.6. The molecule has 0 bridgehead atoms. The summed E-state index contributed by atoms with van der Waals surface area (Å²) in [7, 11) is 0. The molecule has 0 saturated carbocycles. The van der Waals surface area contributed by atoms with Crippen LogP contribution in [-0.2, 0) is 0 Å². The van der Waals surface area contributed by atoms with Crippen LogP contribution < -0.4 is 16.6 Å². The molecule has 0 aliphatic rings. The second-order valence-corrected chi connectivity index (χ2v) is 4.47. The number of nitrogens with one attached hydrogen (secondary N) is 2. The van der Waals surface area contributed by atoms with Crippen molar-refractivity contribution in [1.29, 1.82) is 0 Å². The monoisotopic (exact) mass is 288 g/mol. The Bertz CT molecular complexity index is 670. The molecule has 0 saturated heterocycles. The Morgan fingerprint density at radius 2 is 2.18 bits per heavy atom. The molecule has 88 valence electrons. The summed E-state index contributed by atoms with van der Waals surface area (Å²) in [5.74, 6) is 0.00309. The summed E-state index contributed by atoms with van der Waals surface area (Å²) in [4.78, 5) is 18.2. The summed E-state index contributed by atoms with van der Waals surface area (Å²) in [5, 5.41) is 3.16. The third kappa shape index (κ3) is 2.49. The lowest BCUT2D eigenvalue weighted by Gasteiger charge is -2.05. The Balaban J connectivity index is 2.71. The Morgan fingerprint density at radius 3 is 2.82 bits per heavy atom. The Labute approximate surface area is 111 Å². The van der Waals surface area contributed by atoms with Crippen molar-refractivity contribution < 1.29 is 0 Å². The predicted octanol–water partition coefficient (Wildman–Crippen LogP) is 1.89. The van der Waals surface area contributed by atoms with Crippen LogP contribution in [0, 0.1) is 0 Å². The van der Waals surface area contributed by atoms with Crippen molar-refractivity contribution in [2.75, 3.05) is 5.32 Å². The number of fused-ring (bicyclic) bond motifs is 1. The highest BCUT2D eigenvalue weighted by Gasteiger charge is 2.08. The number of hydrogen-bond acceptors (Lipinski definition) is 3. The summed E-state index contributed by atoms with van der Waals surface area (Å²) in [6, 6.07) is 3.09. The van der Waals surface area contributed by atoms with Gasteiger partial charge in [-0.15, -0.1) is 0 Å². The molecule has 0 aliphatic carbocycles. The van der Waals surface area contributed by atoms with Crippen molar-refractivity contribution >= 4 is 57.4 Å². The van der Waals surface area contributed by atoms with Gasteiger partial charge in [0.2, 0.25) is 0 Å². The predicted molar refractivity (Wildman–Crippen MR) is 72.8 cm³/mol. The third-order valence-electron chi connectivity index (χ3n) is 1.96. The summed E-state index contributed by atoms with van der Waals surface area (Å²) < 4.78 is 0. The number of aromatic nitrogens is 2. The molecule has 4 N–H and O–H groups in total. The van der Waals surface area contributed by atoms with E-state index >= 15 is 0 Å². The van der Waals surface area contributed by atoms with Gasteiger partial charge in [-0.25, -0.2) is 4.98 Å². The molecule has 1 aromatic carbocycles. The summed E-state index contributed by atoms with van der Waals surface area (Å²) in [6.45, 7) is 0. The highest BCUT2D eigenvalue weighted by Crippen LogP contribution is 2.24. The average Bonchev–Trinajstić information content (AvgIpc) is 2.20. The van der Waals surface area contributed by atoms with Crippen LogP contribution in [0.2, 0.25) is 10.0 Å². The van der Waals surface area contributed by atoms with Gasteiger partial charge in [-0.2, -0.15) is 0 Å². The van der Waals surface area contributed by atoms with Crippen molar-refractivity contribution in [1.82, 2.24) is 9.97 Å². The number of aromatic amines is 1. The van der Waals surface area contributed by atoms with E-state index in [4.69, 9.17) is 28.9 Å². The molecule has 1 aromatic heterocycles. The molecule has 0 amide bonds. The number of nitrogens with zero attached hydrogens (tertiary/aromatic N) is 1. The fraction of sp³-hybridized carbons (Fsp3) is 0. The van der Waals surface area contributed by atoms with Crippen molar-refractivity contribution in [3.8, 4) is 0 Å². The minimum absolute atomic E-state index is 0.00309. The molecular weight excluding hydrogens is 283 g/mol. The summed E-state index contributed by atoms with van der Waals surface area (Å²) in [6.07, 6.45) is 0. The second-order valence-electron chi connectivity index (χ2n) is 3.19. The van der Waals surface area contributed by atoms with Crippen molar-refractivity contribution in [3.63, 3.8) is 0 Å². The Kier molecular flexibility index (Phi) is 3.19. The lowest BCUT2D eigenvalue weighted by atomic mass is 10.3. The van der Waals surface area contributed by atoms with E-state index in [0.717, 1.165) is 0 Å². The first-order valence-electron chi connectivity index (χ1n) is 4.43. The highest BCUT2D eigenvalue weighted by molar-refractivity contribution is 7.80. The summed E-state index contributed by atoms with van der Waals surface area (Å²) >= 11 is 16.4. The quantitative estimate of drug-likeness (QED) is 0.698. The summed E-state index contributed by atoms with van der Waals surface area (Å²) in [5.41, 5.74) is 5.67. The average molecular weight is 289 g/mol. The topological polar surface area (TPSA) is 83.8 Å². The van der Waals surface area contributed by atoms with Crippen molar-refractivity contribution in [3.05, 3.63) is 32.5 Å². The Hall–Kier alpha value is -1.37. The fourth-order valence-electron chi connectivity index (χ4n) is 1.32. The van der Waals surface area contributed by atoms with Gasteiger partial charge in [0.25, 0.3) is 5.56 Å². The Morgan fingerprint density at radius 1 is 1.47 bits per heavy atom. The van der Waals surface area contributed by atoms with Gasteiger partial charge in [0.05, 0.1) is 16.1 Å². The number of anilines is 1. The van der Waals surface area contributed by atoms with Gasteiger partial charge in [-0.1, -0.05) is 23.2 Å². The maximum atomic E-state index is 11.6. The normalized spacial score (nSPS) is 10.5. The molecule has 0 aliphatic heterocycles. The van der Waals surface area contributed by atoms with E-state index in [-0.39, 0.29) is 10.9 Å². The molecule has 2 rings (SSSR count). The third-order valence-corrected chi connectivity index (χ3v) is 2.58. The molecule has 8 heteroatoms. The van der Waals surface area contributed by atoms with E-state index in [0.29, 0.717) is 21.1 Å². The van der Waals surface area contributed by atoms with E-state index in [1.54, 1.807) is 6.07 Å². The number of halogens is 2. The molecule has 0 atom stereocenters. The molecular formula is C9H6Cl2N4OS. The second kappa shape index (κ2) is 4.48. The number of benzene rings is 1. The van der Waals surface area contributed by atoms with Crippen LogP contribution in [0.1, 0.15) is 0 Å². The van der Waals surface area contributed by atoms with Crippen LogP contribution in [0.3, 0.4) is 0 Å². The van der Waals surface area contributed by atoms with Crippen LogP contribution in [0.5, 0.6) is 0 Å². The molecule has 0 radical (unpaired) electrons. The van der Waals surface area contributed by atoms with E-state index in [1.807, 2.05) is 0 Å². The molecule has 2 aromatic rings. The standard InChI is InChI=1S/C9H6Cl2N4OS/c10-3-1-4(11)6-5(2-3)13-7(8(16)14-6)15-9(12)17/h1-2H,(H,14,16)(H3,12,13,15,17). The van der Waals surface area contributed by atoms with Crippen LogP contribution in [0.15, 0.2) is 16.9 Å². The maximum absolute atomic E-state index is 11.6. The minimum atomic E-state index is -0.463. The van der Waals surface area contributed by atoms with Crippen molar-refractivity contribution in [2.24, 2.45) is 5.73 Å². The van der Waals surface area contributed by atoms with Gasteiger partial charge in [0, 0.05) is 5.02 Å². The zero-order valence-electron chi connectivity index (χ0n) is 8.25. The number of H-pyrrole nitrogens is 1. The molecule has 5 nitrogen and oxygen atoms in total. The lowest BCUT2D eigenvalue weighted by molar-refractivity contribution is 1.22. The van der Waals surface area contributed by atoms with Gasteiger partial charge >= 0.3 is 0 Å². The molecule has 17 heavy (non-hydrogen) atoms. The number of thiocarbonyl (C=S) groups is 1. The highest BCUT2D eigenvalue weighted by atomic mass is 35.5. The van der Waals surface area contributed by atoms with Gasteiger partial charge in [-0.05, 0) is 24.4 Å². The van der Waals surface area contributed by atoms with Gasteiger partial charge in [0.15, 0.2) is 10.9 Å². The van der Waals surface area contributed by atoms with E-state index in [2.05, 4.69) is 27.5 Å². The molecule has 0 fully saturated rings. The van der Waals surface area contributed by atoms with Crippen LogP contribution >= 0.6 is 35.4 Å². The van der Waals surface area contributed by atoms with Crippen LogP contribution in [-0.4, -0.2) is 15.1 Å². The minimum Gasteiger partial charge on any atom is -0.376 e. The van der Waals surface area contributed by atoms with E-state index in [1.165, 1.54) is 6.07 Å². The number of hydrogen-bond donors (Lipinski definition) is 3.